The number of aromatic nitrogens is 1. The Morgan fingerprint density at radius 3 is 2.34 bits per heavy atom. The zero-order chi connectivity index (χ0) is 32.3. The number of carbonyl (C=O) groups is 1. The molecule has 0 radical (unpaired) electrons. The van der Waals surface area contributed by atoms with Crippen LogP contribution in [0.5, 0.6) is 5.75 Å². The van der Waals surface area contributed by atoms with E-state index in [1.54, 1.807) is 11.5 Å². The van der Waals surface area contributed by atoms with Crippen LogP contribution in [-0.4, -0.2) is 17.1 Å². The van der Waals surface area contributed by atoms with E-state index in [1.807, 2.05) is 127 Å². The number of halogens is 1. The van der Waals surface area contributed by atoms with Gasteiger partial charge in [-0.25, -0.2) is 9.79 Å². The van der Waals surface area contributed by atoms with Gasteiger partial charge in [-0.3, -0.25) is 9.36 Å². The van der Waals surface area contributed by atoms with Gasteiger partial charge in [0.15, 0.2) is 4.80 Å². The minimum atomic E-state index is -0.732. The van der Waals surface area contributed by atoms with E-state index in [9.17, 15) is 9.59 Å². The van der Waals surface area contributed by atoms with Crippen molar-refractivity contribution in [2.45, 2.75) is 19.6 Å². The average molecular weight is 702 g/mol. The van der Waals surface area contributed by atoms with Crippen molar-refractivity contribution >= 4 is 55.8 Å². The maximum atomic E-state index is 14.5. The lowest BCUT2D eigenvalue weighted by Gasteiger charge is -2.25. The number of esters is 1. The molecule has 0 amide bonds. The van der Waals surface area contributed by atoms with Gasteiger partial charge in [-0.2, -0.15) is 0 Å². The fourth-order valence-electron chi connectivity index (χ4n) is 5.81. The summed E-state index contributed by atoms with van der Waals surface area (Å²) >= 11 is 4.79. The van der Waals surface area contributed by atoms with Crippen LogP contribution in [0.15, 0.2) is 141 Å². The Labute approximate surface area is 283 Å². The third kappa shape index (κ3) is 6.10. The topological polar surface area (TPSA) is 69.9 Å². The molecule has 5 aromatic carbocycles. The van der Waals surface area contributed by atoms with E-state index in [0.29, 0.717) is 33.0 Å². The molecule has 0 saturated carbocycles. The number of hydrogen-bond donors (Lipinski definition) is 0. The van der Waals surface area contributed by atoms with Crippen molar-refractivity contribution in [1.82, 2.24) is 4.57 Å². The first-order valence-electron chi connectivity index (χ1n) is 15.2. The van der Waals surface area contributed by atoms with E-state index in [4.69, 9.17) is 14.5 Å². The number of ether oxygens (including phenoxy) is 2. The molecule has 0 aliphatic carbocycles. The summed E-state index contributed by atoms with van der Waals surface area (Å²) in [5.74, 6) is 0.158. The number of thiazole rings is 1. The van der Waals surface area contributed by atoms with Gasteiger partial charge in [0.25, 0.3) is 5.56 Å². The highest BCUT2D eigenvalue weighted by Gasteiger charge is 2.35. The molecule has 6 aromatic rings. The number of carbonyl (C=O) groups excluding carboxylic acids is 1. The van der Waals surface area contributed by atoms with Crippen molar-refractivity contribution in [2.24, 2.45) is 4.99 Å². The van der Waals surface area contributed by atoms with Crippen molar-refractivity contribution < 1.29 is 14.3 Å². The van der Waals surface area contributed by atoms with Gasteiger partial charge in [0.05, 0.1) is 28.5 Å². The van der Waals surface area contributed by atoms with Crippen LogP contribution in [0, 0.1) is 0 Å². The molecule has 0 fully saturated rings. The lowest BCUT2D eigenvalue weighted by atomic mass is 9.93. The van der Waals surface area contributed by atoms with Crippen LogP contribution < -0.4 is 19.6 Å². The summed E-state index contributed by atoms with van der Waals surface area (Å²) in [6.07, 6.45) is 1.89. The number of benzene rings is 5. The quantitative estimate of drug-likeness (QED) is 0.155. The lowest BCUT2D eigenvalue weighted by molar-refractivity contribution is -0.138. The second-order valence-electron chi connectivity index (χ2n) is 11.0. The van der Waals surface area contributed by atoms with Crippen molar-refractivity contribution in [1.29, 1.82) is 0 Å². The van der Waals surface area contributed by atoms with Crippen LogP contribution in [0.3, 0.4) is 0 Å². The molecule has 0 unspecified atom stereocenters. The normalized spacial score (nSPS) is 14.5. The van der Waals surface area contributed by atoms with Gasteiger partial charge < -0.3 is 9.47 Å². The van der Waals surface area contributed by atoms with E-state index in [1.165, 1.54) is 11.3 Å². The molecule has 6 nitrogen and oxygen atoms in total. The van der Waals surface area contributed by atoms with Gasteiger partial charge in [0, 0.05) is 15.6 Å². The highest BCUT2D eigenvalue weighted by Crippen LogP contribution is 2.35. The summed E-state index contributed by atoms with van der Waals surface area (Å²) in [4.78, 5) is 33.7. The van der Waals surface area contributed by atoms with Crippen molar-refractivity contribution in [3.8, 4) is 5.75 Å². The van der Waals surface area contributed by atoms with Crippen LogP contribution in [0.1, 0.15) is 35.2 Å². The fourth-order valence-corrected chi connectivity index (χ4v) is 7.06. The van der Waals surface area contributed by atoms with Gasteiger partial charge in [0.2, 0.25) is 0 Å². The lowest BCUT2D eigenvalue weighted by Crippen LogP contribution is -2.40. The number of nitrogens with zero attached hydrogens (tertiary/aromatic N) is 2. The molecule has 7 rings (SSSR count). The van der Waals surface area contributed by atoms with Crippen molar-refractivity contribution in [3.63, 3.8) is 0 Å². The molecule has 1 atom stereocenters. The zero-order valence-corrected chi connectivity index (χ0v) is 27.8. The number of hydrogen-bond acceptors (Lipinski definition) is 6. The minimum Gasteiger partial charge on any atom is -0.488 e. The highest BCUT2D eigenvalue weighted by atomic mass is 79.9. The predicted octanol–water partition coefficient (Wildman–Crippen LogP) is 7.43. The number of rotatable bonds is 8. The van der Waals surface area contributed by atoms with Crippen LogP contribution in [0.4, 0.5) is 0 Å². The number of fused-ring (bicyclic) bond motifs is 2. The molecule has 232 valence electrons. The van der Waals surface area contributed by atoms with Gasteiger partial charge in [-0.15, -0.1) is 0 Å². The molecule has 0 N–H and O–H groups in total. The van der Waals surface area contributed by atoms with Crippen LogP contribution in [0.25, 0.3) is 22.5 Å². The summed E-state index contributed by atoms with van der Waals surface area (Å²) in [6.45, 7) is 2.33. The van der Waals surface area contributed by atoms with Crippen molar-refractivity contribution in [2.75, 3.05) is 6.61 Å². The highest BCUT2D eigenvalue weighted by molar-refractivity contribution is 9.10. The largest absolute Gasteiger partial charge is 0.488 e. The minimum absolute atomic E-state index is 0.195. The molecule has 0 spiro atoms. The Kier molecular flexibility index (Phi) is 8.70. The third-order valence-corrected chi connectivity index (χ3v) is 9.51. The second-order valence-corrected chi connectivity index (χ2v) is 12.9. The summed E-state index contributed by atoms with van der Waals surface area (Å²) in [5, 5.41) is 1.99. The Bertz CT molecular complexity index is 2310. The second kappa shape index (κ2) is 13.4. The molecular formula is C39H29BrN2O4S. The van der Waals surface area contributed by atoms with Crippen LogP contribution >= 0.6 is 27.3 Å². The van der Waals surface area contributed by atoms with Crippen LogP contribution in [0.2, 0.25) is 0 Å². The molecule has 1 aromatic heterocycles. The maximum Gasteiger partial charge on any atom is 0.338 e. The van der Waals surface area contributed by atoms with E-state index >= 15 is 0 Å². The van der Waals surface area contributed by atoms with Gasteiger partial charge >= 0.3 is 5.97 Å². The Morgan fingerprint density at radius 1 is 0.894 bits per heavy atom. The van der Waals surface area contributed by atoms with Crippen molar-refractivity contribution in [3.05, 3.63) is 173 Å². The van der Waals surface area contributed by atoms with Gasteiger partial charge in [-0.05, 0) is 53.1 Å². The molecule has 0 saturated heterocycles. The van der Waals surface area contributed by atoms with Gasteiger partial charge in [0.1, 0.15) is 12.4 Å². The Hall–Kier alpha value is -5.05. The fraction of sp³-hybridized carbons (Fsp3) is 0.103. The first-order chi connectivity index (χ1) is 23.0. The predicted molar refractivity (Wildman–Crippen MR) is 190 cm³/mol. The first-order valence-corrected chi connectivity index (χ1v) is 16.8. The first kappa shape index (κ1) is 30.6. The van der Waals surface area contributed by atoms with E-state index in [0.717, 1.165) is 37.5 Å². The summed E-state index contributed by atoms with van der Waals surface area (Å²) in [7, 11) is 0. The standard InChI is InChI=1S/C39H29BrN2O4S/c1-2-45-38(44)34-35(27-12-5-3-6-13-27)41-39-42(36(34)28-14-7-4-8-15-28)37(43)33(47-39)23-31-30-16-10-9-11-26(30)19-22-32(31)46-24-25-17-20-29(40)21-18-25/h3-23,36H,2,24H2,1H3/b33-23-/t36-/m0/s1. The monoisotopic (exact) mass is 700 g/mol. The van der Waals surface area contributed by atoms with E-state index in [2.05, 4.69) is 15.9 Å². The van der Waals surface area contributed by atoms with Gasteiger partial charge in [-0.1, -0.05) is 130 Å². The third-order valence-electron chi connectivity index (χ3n) is 8.00. The molecular weight excluding hydrogens is 672 g/mol. The molecule has 2 heterocycles. The molecule has 1 aliphatic heterocycles. The molecule has 1 aliphatic rings. The van der Waals surface area contributed by atoms with E-state index in [-0.39, 0.29) is 12.2 Å². The maximum absolute atomic E-state index is 14.5. The average Bonchev–Trinajstić information content (AvgIpc) is 3.42. The molecule has 47 heavy (non-hydrogen) atoms. The zero-order valence-electron chi connectivity index (χ0n) is 25.4. The summed E-state index contributed by atoms with van der Waals surface area (Å²) in [6, 6.07) is 38.4. The van der Waals surface area contributed by atoms with E-state index < -0.39 is 12.0 Å². The smallest absolute Gasteiger partial charge is 0.338 e. The molecule has 8 heteroatoms. The Balaban J connectivity index is 1.45. The molecule has 0 bridgehead atoms. The Morgan fingerprint density at radius 2 is 1.60 bits per heavy atom. The SMILES string of the molecule is CCOC(=O)C1=C(c2ccccc2)N=c2s/c(=C\c3c(OCc4ccc(Br)cc4)ccc4ccccc34)c(=O)n2[C@H]1c1ccccc1. The summed E-state index contributed by atoms with van der Waals surface area (Å²) < 4.78 is 15.1. The van der Waals surface area contributed by atoms with Crippen LogP contribution in [-0.2, 0) is 16.1 Å². The summed E-state index contributed by atoms with van der Waals surface area (Å²) in [5.41, 5.74) is 3.95.